The molecule has 0 amide bonds. The second-order valence-corrected chi connectivity index (χ2v) is 5.99. The largest absolute Gasteiger partial charge is 0.361 e. The van der Waals surface area contributed by atoms with Crippen LogP contribution in [0, 0.1) is 11.3 Å². The first-order chi connectivity index (χ1) is 10.2. The molecule has 1 aliphatic heterocycles. The fraction of sp³-hybridized carbons (Fsp3) is 0.389. The van der Waals surface area contributed by atoms with Gasteiger partial charge < -0.3 is 4.98 Å². The maximum absolute atomic E-state index is 9.37. The molecule has 1 aromatic heterocycles. The van der Waals surface area contributed by atoms with Crippen molar-refractivity contribution in [2.75, 3.05) is 13.1 Å². The first-order valence-electron chi connectivity index (χ1n) is 7.53. The van der Waals surface area contributed by atoms with E-state index in [0.29, 0.717) is 0 Å². The average molecular weight is 316 g/mol. The van der Waals surface area contributed by atoms with E-state index in [1.165, 1.54) is 27.6 Å². The van der Waals surface area contributed by atoms with Gasteiger partial charge >= 0.3 is 0 Å². The van der Waals surface area contributed by atoms with Crippen LogP contribution in [-0.4, -0.2) is 29.0 Å². The minimum absolute atomic E-state index is 0. The Bertz CT molecular complexity index is 723. The van der Waals surface area contributed by atoms with Crippen LogP contribution in [0.2, 0.25) is 0 Å². The Hall–Kier alpha value is -1.76. The molecule has 22 heavy (non-hydrogen) atoms. The number of nitrogens with one attached hydrogen (secondary N) is 1. The van der Waals surface area contributed by atoms with Crippen LogP contribution in [0.1, 0.15) is 25.8 Å². The standard InChI is InChI=1S/C18H21N3.ClH/c1-13-9-16(10-19)21(12-14(13)2)8-7-15-11-20-18-6-4-3-5-17(15)18;/h3-6,11,16,20H,7-9,12H2,1-2H3;1H. The summed E-state index contributed by atoms with van der Waals surface area (Å²) in [5.74, 6) is 0. The number of para-hydroxylation sites is 1. The first kappa shape index (κ1) is 16.6. The van der Waals surface area contributed by atoms with Gasteiger partial charge in [-0.1, -0.05) is 29.3 Å². The number of aromatic amines is 1. The van der Waals surface area contributed by atoms with E-state index in [-0.39, 0.29) is 18.4 Å². The number of H-pyrrole nitrogens is 1. The highest BCUT2D eigenvalue weighted by molar-refractivity contribution is 5.85. The average Bonchev–Trinajstić information content (AvgIpc) is 2.91. The fourth-order valence-electron chi connectivity index (χ4n) is 3.11. The Kier molecular flexibility index (Phi) is 5.28. The van der Waals surface area contributed by atoms with Gasteiger partial charge in [0, 0.05) is 30.2 Å². The zero-order chi connectivity index (χ0) is 14.8. The van der Waals surface area contributed by atoms with E-state index in [1.807, 2.05) is 0 Å². The lowest BCUT2D eigenvalue weighted by atomic mass is 9.96. The molecule has 0 aliphatic carbocycles. The molecule has 3 rings (SSSR count). The molecule has 0 bridgehead atoms. The minimum Gasteiger partial charge on any atom is -0.361 e. The number of nitrogens with zero attached hydrogens (tertiary/aromatic N) is 2. The summed E-state index contributed by atoms with van der Waals surface area (Å²) in [6.45, 7) is 6.19. The van der Waals surface area contributed by atoms with Crippen molar-refractivity contribution in [2.24, 2.45) is 0 Å². The lowest BCUT2D eigenvalue weighted by Gasteiger charge is -2.32. The smallest absolute Gasteiger partial charge is 0.102 e. The highest BCUT2D eigenvalue weighted by Gasteiger charge is 2.24. The highest BCUT2D eigenvalue weighted by Crippen LogP contribution is 2.24. The van der Waals surface area contributed by atoms with Crippen LogP contribution in [0.15, 0.2) is 41.6 Å². The molecule has 2 aromatic rings. The lowest BCUT2D eigenvalue weighted by Crippen LogP contribution is -2.40. The first-order valence-corrected chi connectivity index (χ1v) is 7.53. The van der Waals surface area contributed by atoms with Crippen LogP contribution in [0.25, 0.3) is 10.9 Å². The van der Waals surface area contributed by atoms with Crippen LogP contribution in [-0.2, 0) is 6.42 Å². The van der Waals surface area contributed by atoms with Gasteiger partial charge in [-0.15, -0.1) is 12.4 Å². The van der Waals surface area contributed by atoms with Gasteiger partial charge in [0.25, 0.3) is 0 Å². The number of nitriles is 1. The molecule has 1 N–H and O–H groups in total. The van der Waals surface area contributed by atoms with Gasteiger partial charge in [-0.05, 0) is 38.3 Å². The Morgan fingerprint density at radius 1 is 1.27 bits per heavy atom. The Morgan fingerprint density at radius 3 is 2.82 bits per heavy atom. The van der Waals surface area contributed by atoms with Crippen molar-refractivity contribution < 1.29 is 0 Å². The van der Waals surface area contributed by atoms with E-state index in [9.17, 15) is 5.26 Å². The zero-order valence-electron chi connectivity index (χ0n) is 13.1. The molecule has 1 aliphatic rings. The molecule has 1 atom stereocenters. The summed E-state index contributed by atoms with van der Waals surface area (Å²) in [6.07, 6.45) is 3.97. The monoisotopic (exact) mass is 315 g/mol. The topological polar surface area (TPSA) is 42.8 Å². The third kappa shape index (κ3) is 3.19. The molecule has 0 saturated carbocycles. The molecule has 1 aromatic carbocycles. The van der Waals surface area contributed by atoms with Gasteiger partial charge in [-0.2, -0.15) is 5.26 Å². The van der Waals surface area contributed by atoms with Gasteiger partial charge in [0.05, 0.1) is 6.07 Å². The van der Waals surface area contributed by atoms with Crippen molar-refractivity contribution >= 4 is 23.3 Å². The van der Waals surface area contributed by atoms with Crippen molar-refractivity contribution in [3.8, 4) is 6.07 Å². The number of rotatable bonds is 3. The summed E-state index contributed by atoms with van der Waals surface area (Å²) >= 11 is 0. The van der Waals surface area contributed by atoms with E-state index in [4.69, 9.17) is 0 Å². The second-order valence-electron chi connectivity index (χ2n) is 5.99. The number of fused-ring (bicyclic) bond motifs is 1. The molecule has 0 saturated heterocycles. The normalized spacial score (nSPS) is 19.0. The number of halogens is 1. The third-order valence-corrected chi connectivity index (χ3v) is 4.60. The molecule has 0 spiro atoms. The summed E-state index contributed by atoms with van der Waals surface area (Å²) < 4.78 is 0. The van der Waals surface area contributed by atoms with Gasteiger partial charge in [0.15, 0.2) is 0 Å². The molecular weight excluding hydrogens is 294 g/mol. The molecule has 2 heterocycles. The second kappa shape index (κ2) is 7.00. The molecular formula is C18H22ClN3. The van der Waals surface area contributed by atoms with Crippen LogP contribution >= 0.6 is 12.4 Å². The van der Waals surface area contributed by atoms with Gasteiger partial charge in [0.1, 0.15) is 6.04 Å². The Labute approximate surface area is 138 Å². The van der Waals surface area contributed by atoms with Gasteiger partial charge in [-0.25, -0.2) is 0 Å². The zero-order valence-corrected chi connectivity index (χ0v) is 13.9. The number of hydrogen-bond acceptors (Lipinski definition) is 2. The van der Waals surface area contributed by atoms with Crippen LogP contribution in [0.5, 0.6) is 0 Å². The molecule has 116 valence electrons. The number of hydrogen-bond donors (Lipinski definition) is 1. The Balaban J connectivity index is 0.00000176. The summed E-state index contributed by atoms with van der Waals surface area (Å²) in [6, 6.07) is 10.9. The van der Waals surface area contributed by atoms with Crippen molar-refractivity contribution in [1.29, 1.82) is 5.26 Å². The van der Waals surface area contributed by atoms with E-state index in [0.717, 1.165) is 25.9 Å². The number of aromatic nitrogens is 1. The lowest BCUT2D eigenvalue weighted by molar-refractivity contribution is 0.240. The van der Waals surface area contributed by atoms with Gasteiger partial charge in [-0.3, -0.25) is 4.90 Å². The highest BCUT2D eigenvalue weighted by atomic mass is 35.5. The summed E-state index contributed by atoms with van der Waals surface area (Å²) in [4.78, 5) is 5.63. The van der Waals surface area contributed by atoms with Crippen molar-refractivity contribution in [3.63, 3.8) is 0 Å². The third-order valence-electron chi connectivity index (χ3n) is 4.60. The molecule has 0 fully saturated rings. The van der Waals surface area contributed by atoms with Crippen LogP contribution in [0.4, 0.5) is 0 Å². The quantitative estimate of drug-likeness (QED) is 0.868. The summed E-state index contributed by atoms with van der Waals surface area (Å²) in [7, 11) is 0. The maximum atomic E-state index is 9.37. The number of benzene rings is 1. The molecule has 3 nitrogen and oxygen atoms in total. The molecule has 0 radical (unpaired) electrons. The van der Waals surface area contributed by atoms with E-state index >= 15 is 0 Å². The van der Waals surface area contributed by atoms with E-state index in [1.54, 1.807) is 0 Å². The van der Waals surface area contributed by atoms with Crippen LogP contribution < -0.4 is 0 Å². The van der Waals surface area contributed by atoms with Crippen molar-refractivity contribution in [2.45, 2.75) is 32.7 Å². The minimum atomic E-state index is 0. The summed E-state index contributed by atoms with van der Waals surface area (Å²) in [5.41, 5.74) is 5.33. The fourth-order valence-corrected chi connectivity index (χ4v) is 3.11. The van der Waals surface area contributed by atoms with Gasteiger partial charge in [0.2, 0.25) is 0 Å². The van der Waals surface area contributed by atoms with E-state index < -0.39 is 0 Å². The maximum Gasteiger partial charge on any atom is 0.102 e. The van der Waals surface area contributed by atoms with Crippen LogP contribution in [0.3, 0.4) is 0 Å². The Morgan fingerprint density at radius 2 is 2.05 bits per heavy atom. The molecule has 1 unspecified atom stereocenters. The van der Waals surface area contributed by atoms with Crippen molar-refractivity contribution in [3.05, 3.63) is 47.2 Å². The molecule has 4 heteroatoms. The van der Waals surface area contributed by atoms with E-state index in [2.05, 4.69) is 60.3 Å². The SMILES string of the molecule is CC1=C(C)CN(CCc2c[nH]c3ccccc23)C(C#N)C1.Cl. The predicted molar refractivity (Wildman–Crippen MR) is 93.2 cm³/mol. The predicted octanol–water partition coefficient (Wildman–Crippen LogP) is 4.07. The van der Waals surface area contributed by atoms with Crippen molar-refractivity contribution in [1.82, 2.24) is 9.88 Å². The summed E-state index contributed by atoms with van der Waals surface area (Å²) in [5, 5.41) is 10.7.